The van der Waals surface area contributed by atoms with E-state index in [-0.39, 0.29) is 5.41 Å². The van der Waals surface area contributed by atoms with Gasteiger partial charge in [0.2, 0.25) is 0 Å². The van der Waals surface area contributed by atoms with Crippen LogP contribution < -0.4 is 0 Å². The number of para-hydroxylation sites is 2. The Bertz CT molecular complexity index is 2080. The molecule has 204 valence electrons. The number of benzene rings is 4. The molecule has 0 aliphatic heterocycles. The molecule has 2 unspecified atom stereocenters. The molecule has 0 spiro atoms. The van der Waals surface area contributed by atoms with Gasteiger partial charge < -0.3 is 4.57 Å². The van der Waals surface area contributed by atoms with Crippen molar-refractivity contribution in [2.75, 3.05) is 0 Å². The van der Waals surface area contributed by atoms with Gasteiger partial charge >= 0.3 is 0 Å². The summed E-state index contributed by atoms with van der Waals surface area (Å²) in [6.45, 7) is 9.71. The fraction of sp³-hybridized carbons (Fsp3) is 0.220. The van der Waals surface area contributed by atoms with Crippen LogP contribution in [0.2, 0.25) is 0 Å². The summed E-state index contributed by atoms with van der Waals surface area (Å²) in [4.78, 5) is 0. The van der Waals surface area contributed by atoms with Crippen LogP contribution in [0.5, 0.6) is 0 Å². The zero-order chi connectivity index (χ0) is 28.3. The fourth-order valence-corrected chi connectivity index (χ4v) is 9.49. The van der Waals surface area contributed by atoms with Crippen molar-refractivity contribution in [1.29, 1.82) is 0 Å². The van der Waals surface area contributed by atoms with Crippen molar-refractivity contribution in [1.82, 2.24) is 4.57 Å². The first kappa shape index (κ1) is 24.3. The minimum atomic E-state index is 0.0270. The minimum Gasteiger partial charge on any atom is -0.309 e. The second-order valence-electron chi connectivity index (χ2n) is 13.3. The van der Waals surface area contributed by atoms with Crippen molar-refractivity contribution in [3.63, 3.8) is 0 Å². The zero-order valence-corrected chi connectivity index (χ0v) is 24.7. The molecule has 0 amide bonds. The molecule has 1 aromatic heterocycles. The third-order valence-corrected chi connectivity index (χ3v) is 10.9. The molecule has 1 heteroatoms. The van der Waals surface area contributed by atoms with Crippen LogP contribution in [0, 0.1) is 17.8 Å². The van der Waals surface area contributed by atoms with E-state index >= 15 is 0 Å². The van der Waals surface area contributed by atoms with Gasteiger partial charge in [-0.1, -0.05) is 119 Å². The molecule has 4 aromatic carbocycles. The standard InChI is InChI=1S/C41H35N/c1-24(2)41(25(3)4)33-16-10-8-14-29(33)39-31-20-19-27-23-36-40(32-21-18-26(22-34(39)41)37(31)38(27)32)30-15-9-11-17-35(30)42(36)28-12-6-5-7-13-28/h5-25,31,37H,1-4H3. The predicted molar refractivity (Wildman–Crippen MR) is 178 cm³/mol. The van der Waals surface area contributed by atoms with Crippen LogP contribution >= 0.6 is 0 Å². The lowest BCUT2D eigenvalue weighted by molar-refractivity contribution is 0.276. The monoisotopic (exact) mass is 541 g/mol. The summed E-state index contributed by atoms with van der Waals surface area (Å²) in [7, 11) is 0. The van der Waals surface area contributed by atoms with E-state index in [0.29, 0.717) is 23.7 Å². The molecule has 4 aliphatic rings. The first-order chi connectivity index (χ1) is 20.5. The molecule has 0 saturated carbocycles. The number of fused-ring (bicyclic) bond motifs is 7. The highest BCUT2D eigenvalue weighted by Gasteiger charge is 2.53. The summed E-state index contributed by atoms with van der Waals surface area (Å²) in [6.07, 6.45) is 12.5. The van der Waals surface area contributed by atoms with Gasteiger partial charge in [0.15, 0.2) is 0 Å². The fourth-order valence-electron chi connectivity index (χ4n) is 9.49. The highest BCUT2D eigenvalue weighted by Crippen LogP contribution is 2.63. The highest BCUT2D eigenvalue weighted by molar-refractivity contribution is 6.15. The SMILES string of the molecule is CC(C)C1(C(C)C)C2=C(c3ccccc31)C1C=Cc3cc4c(c5c3C1C(=C2)C=C5)c1ccccc1n4-c1ccccc1. The Morgan fingerprint density at radius 3 is 2.29 bits per heavy atom. The summed E-state index contributed by atoms with van der Waals surface area (Å²) in [6, 6.07) is 31.5. The van der Waals surface area contributed by atoms with Crippen LogP contribution in [0.4, 0.5) is 0 Å². The van der Waals surface area contributed by atoms with Gasteiger partial charge in [-0.15, -0.1) is 0 Å². The third-order valence-electron chi connectivity index (χ3n) is 10.9. The molecule has 0 bridgehead atoms. The highest BCUT2D eigenvalue weighted by atomic mass is 15.0. The number of allylic oxidation sites excluding steroid dienone is 6. The van der Waals surface area contributed by atoms with E-state index in [1.165, 1.54) is 60.9 Å². The molecular weight excluding hydrogens is 506 g/mol. The van der Waals surface area contributed by atoms with E-state index < -0.39 is 0 Å². The molecular formula is C41H35N. The van der Waals surface area contributed by atoms with Crippen LogP contribution in [0.1, 0.15) is 61.4 Å². The van der Waals surface area contributed by atoms with Crippen molar-refractivity contribution < 1.29 is 0 Å². The normalized spacial score (nSPS) is 20.9. The van der Waals surface area contributed by atoms with Crippen molar-refractivity contribution >= 4 is 39.5 Å². The molecule has 42 heavy (non-hydrogen) atoms. The first-order valence-corrected chi connectivity index (χ1v) is 15.6. The maximum atomic E-state index is 2.61. The van der Waals surface area contributed by atoms with Gasteiger partial charge in [0.1, 0.15) is 0 Å². The van der Waals surface area contributed by atoms with Crippen molar-refractivity contribution in [2.24, 2.45) is 17.8 Å². The number of aromatic nitrogens is 1. The van der Waals surface area contributed by atoms with E-state index in [9.17, 15) is 0 Å². The summed E-state index contributed by atoms with van der Waals surface area (Å²) in [5.74, 6) is 1.70. The Balaban J connectivity index is 1.35. The van der Waals surface area contributed by atoms with Gasteiger partial charge in [-0.25, -0.2) is 0 Å². The Labute approximate surface area is 248 Å². The Morgan fingerprint density at radius 1 is 0.738 bits per heavy atom. The van der Waals surface area contributed by atoms with Crippen molar-refractivity contribution in [3.8, 4) is 5.69 Å². The van der Waals surface area contributed by atoms with Gasteiger partial charge in [0.05, 0.1) is 11.0 Å². The summed E-state index contributed by atoms with van der Waals surface area (Å²) >= 11 is 0. The van der Waals surface area contributed by atoms with Crippen LogP contribution in [0.15, 0.2) is 114 Å². The molecule has 0 radical (unpaired) electrons. The molecule has 2 atom stereocenters. The molecule has 4 aliphatic carbocycles. The van der Waals surface area contributed by atoms with Gasteiger partial charge in [0.25, 0.3) is 0 Å². The number of hydrogen-bond donors (Lipinski definition) is 0. The third kappa shape index (κ3) is 2.80. The molecule has 0 fully saturated rings. The molecule has 5 aromatic rings. The Morgan fingerprint density at radius 2 is 1.48 bits per heavy atom. The summed E-state index contributed by atoms with van der Waals surface area (Å²) in [5.41, 5.74) is 15.7. The van der Waals surface area contributed by atoms with Gasteiger partial charge in [0, 0.05) is 33.7 Å². The smallest absolute Gasteiger partial charge is 0.0553 e. The minimum absolute atomic E-state index is 0.0270. The molecule has 0 saturated heterocycles. The predicted octanol–water partition coefficient (Wildman–Crippen LogP) is 10.5. The Kier molecular flexibility index (Phi) is 4.83. The zero-order valence-electron chi connectivity index (χ0n) is 24.7. The van der Waals surface area contributed by atoms with Crippen LogP contribution in [-0.2, 0) is 5.41 Å². The molecule has 9 rings (SSSR count). The molecule has 1 nitrogen and oxygen atoms in total. The average molecular weight is 542 g/mol. The van der Waals surface area contributed by atoms with Crippen molar-refractivity contribution in [2.45, 2.75) is 39.0 Å². The lowest BCUT2D eigenvalue weighted by Crippen LogP contribution is -2.39. The van der Waals surface area contributed by atoms with E-state index in [1.54, 1.807) is 11.1 Å². The van der Waals surface area contributed by atoms with Crippen LogP contribution in [0.25, 0.3) is 45.2 Å². The maximum absolute atomic E-state index is 2.61. The van der Waals surface area contributed by atoms with E-state index in [1.807, 2.05) is 0 Å². The Hall–Kier alpha value is -4.36. The second kappa shape index (κ2) is 8.35. The molecule has 0 N–H and O–H groups in total. The first-order valence-electron chi connectivity index (χ1n) is 15.6. The molecule has 1 heterocycles. The average Bonchev–Trinajstić information content (AvgIpc) is 3.50. The quantitative estimate of drug-likeness (QED) is 0.214. The number of nitrogens with zero attached hydrogens (tertiary/aromatic N) is 1. The number of rotatable bonds is 3. The van der Waals surface area contributed by atoms with Gasteiger partial charge in [-0.2, -0.15) is 0 Å². The van der Waals surface area contributed by atoms with Gasteiger partial charge in [-0.05, 0) is 80.6 Å². The lowest BCUT2D eigenvalue weighted by Gasteiger charge is -2.44. The summed E-state index contributed by atoms with van der Waals surface area (Å²) < 4.78 is 2.45. The van der Waals surface area contributed by atoms with E-state index in [4.69, 9.17) is 0 Å². The second-order valence-corrected chi connectivity index (χ2v) is 13.3. The van der Waals surface area contributed by atoms with E-state index in [2.05, 4.69) is 148 Å². The summed E-state index contributed by atoms with van der Waals surface area (Å²) in [5, 5.41) is 2.71. The number of hydrogen-bond acceptors (Lipinski definition) is 0. The van der Waals surface area contributed by atoms with Crippen molar-refractivity contribution in [3.05, 3.63) is 142 Å². The van der Waals surface area contributed by atoms with E-state index in [0.717, 1.165) is 0 Å². The maximum Gasteiger partial charge on any atom is 0.0553 e. The largest absolute Gasteiger partial charge is 0.309 e. The lowest BCUT2D eigenvalue weighted by atomic mass is 9.59. The van der Waals surface area contributed by atoms with Crippen LogP contribution in [0.3, 0.4) is 0 Å². The van der Waals surface area contributed by atoms with Crippen LogP contribution in [-0.4, -0.2) is 4.57 Å². The topological polar surface area (TPSA) is 4.93 Å². The van der Waals surface area contributed by atoms with Gasteiger partial charge in [-0.3, -0.25) is 0 Å².